The van der Waals surface area contributed by atoms with Gasteiger partial charge in [-0.3, -0.25) is 4.98 Å². The number of hydrogen-bond donors (Lipinski definition) is 4. The van der Waals surface area contributed by atoms with Crippen LogP contribution < -0.4 is 11.0 Å². The molecule has 0 aromatic carbocycles. The molecule has 0 spiro atoms. The largest absolute Gasteiger partial charge is 0.392 e. The second-order valence-corrected chi connectivity index (χ2v) is 4.12. The zero-order valence-corrected chi connectivity index (χ0v) is 10.2. The lowest BCUT2D eigenvalue weighted by Crippen LogP contribution is -2.19. The van der Waals surface area contributed by atoms with Gasteiger partial charge in [-0.15, -0.1) is 0 Å². The van der Waals surface area contributed by atoms with Gasteiger partial charge in [0.25, 0.3) is 0 Å². The lowest BCUT2D eigenvalue weighted by Gasteiger charge is -2.11. The van der Waals surface area contributed by atoms with Crippen LogP contribution >= 0.6 is 0 Å². The molecule has 0 fully saturated rings. The van der Waals surface area contributed by atoms with Gasteiger partial charge in [-0.1, -0.05) is 11.6 Å². The van der Waals surface area contributed by atoms with Crippen LogP contribution in [-0.2, 0) is 0 Å². The minimum Gasteiger partial charge on any atom is -0.392 e. The highest BCUT2D eigenvalue weighted by molar-refractivity contribution is 5.82. The summed E-state index contributed by atoms with van der Waals surface area (Å²) in [5.74, 6) is 0.445. The summed E-state index contributed by atoms with van der Waals surface area (Å²) in [7, 11) is 0. The Hall–Kier alpha value is -2.15. The average Bonchev–Trinajstić information content (AvgIpc) is 2.76. The Balaban J connectivity index is 2.31. The van der Waals surface area contributed by atoms with Crippen molar-refractivity contribution < 1.29 is 5.11 Å². The molecular formula is C11H15N5O2. The van der Waals surface area contributed by atoms with Crippen molar-refractivity contribution in [2.24, 2.45) is 0 Å². The number of fused-ring (bicyclic) bond motifs is 1. The summed E-state index contributed by atoms with van der Waals surface area (Å²) in [5, 5.41) is 12.0. The summed E-state index contributed by atoms with van der Waals surface area (Å²) in [6.07, 6.45) is 3.36. The molecule has 0 saturated carbocycles. The maximum Gasteiger partial charge on any atom is 0.348 e. The molecule has 2 rings (SSSR count). The van der Waals surface area contributed by atoms with Crippen molar-refractivity contribution in [3.63, 3.8) is 0 Å². The highest BCUT2D eigenvalue weighted by Gasteiger charge is 2.08. The fraction of sp³-hybridized carbons (Fsp3) is 0.364. The van der Waals surface area contributed by atoms with Crippen molar-refractivity contribution in [3.8, 4) is 0 Å². The molecule has 18 heavy (non-hydrogen) atoms. The van der Waals surface area contributed by atoms with Gasteiger partial charge in [0.05, 0.1) is 12.9 Å². The van der Waals surface area contributed by atoms with E-state index in [1.54, 1.807) is 0 Å². The standard InChI is InChI=1S/C11H15N5O2/c1-6(4-17)3-7(2)14-10-8-9(13-5-12-8)15-11(18)16-10/h3,5,7,17H,4H2,1-2H3,(H3,12,13,14,15,16,18). The first kappa shape index (κ1) is 12.3. The maximum absolute atomic E-state index is 11.3. The van der Waals surface area contributed by atoms with Gasteiger partial charge in [0.1, 0.15) is 5.52 Å². The highest BCUT2D eigenvalue weighted by Crippen LogP contribution is 2.14. The van der Waals surface area contributed by atoms with Crippen LogP contribution in [0.15, 0.2) is 22.8 Å². The van der Waals surface area contributed by atoms with Gasteiger partial charge in [0.2, 0.25) is 0 Å². The van der Waals surface area contributed by atoms with Crippen LogP contribution in [0.4, 0.5) is 5.82 Å². The van der Waals surface area contributed by atoms with Crippen molar-refractivity contribution in [3.05, 3.63) is 28.5 Å². The predicted molar refractivity (Wildman–Crippen MR) is 68.4 cm³/mol. The molecule has 2 aromatic rings. The van der Waals surface area contributed by atoms with Crippen LogP contribution in [0.3, 0.4) is 0 Å². The van der Waals surface area contributed by atoms with Crippen LogP contribution in [0.5, 0.6) is 0 Å². The summed E-state index contributed by atoms with van der Waals surface area (Å²) in [5.41, 5.74) is 1.51. The van der Waals surface area contributed by atoms with Crippen molar-refractivity contribution in [1.82, 2.24) is 19.9 Å². The van der Waals surface area contributed by atoms with Gasteiger partial charge < -0.3 is 15.4 Å². The quantitative estimate of drug-likeness (QED) is 0.586. The summed E-state index contributed by atoms with van der Waals surface area (Å²) < 4.78 is 0. The number of aliphatic hydroxyl groups is 1. The Morgan fingerprint density at radius 2 is 2.44 bits per heavy atom. The molecule has 0 aliphatic rings. The molecule has 1 atom stereocenters. The third kappa shape index (κ3) is 2.57. The van der Waals surface area contributed by atoms with Crippen LogP contribution in [0.1, 0.15) is 13.8 Å². The SMILES string of the molecule is CC(=CC(C)Nc1nc(=O)[nH]c2nc[nH]c12)CO. The third-order valence-electron chi connectivity index (χ3n) is 2.46. The lowest BCUT2D eigenvalue weighted by atomic mass is 10.2. The van der Waals surface area contributed by atoms with Gasteiger partial charge in [0.15, 0.2) is 11.5 Å². The predicted octanol–water partition coefficient (Wildman–Crippen LogP) is 0.385. The zero-order chi connectivity index (χ0) is 13.1. The number of aromatic nitrogens is 4. The summed E-state index contributed by atoms with van der Waals surface area (Å²) in [6, 6.07) is -0.0575. The molecule has 96 valence electrons. The molecule has 2 heterocycles. The third-order valence-corrected chi connectivity index (χ3v) is 2.46. The summed E-state index contributed by atoms with van der Waals surface area (Å²) in [4.78, 5) is 24.6. The van der Waals surface area contributed by atoms with Gasteiger partial charge in [-0.2, -0.15) is 4.98 Å². The fourth-order valence-corrected chi connectivity index (χ4v) is 1.70. The van der Waals surface area contributed by atoms with Crippen LogP contribution in [0.25, 0.3) is 11.2 Å². The number of rotatable bonds is 4. The summed E-state index contributed by atoms with van der Waals surface area (Å²) in [6.45, 7) is 3.74. The number of aliphatic hydroxyl groups excluding tert-OH is 1. The van der Waals surface area contributed by atoms with Crippen molar-refractivity contribution in [2.45, 2.75) is 19.9 Å². The van der Waals surface area contributed by atoms with Gasteiger partial charge >= 0.3 is 5.69 Å². The van der Waals surface area contributed by atoms with E-state index in [0.29, 0.717) is 17.0 Å². The van der Waals surface area contributed by atoms with Crippen molar-refractivity contribution in [2.75, 3.05) is 11.9 Å². The maximum atomic E-state index is 11.3. The molecule has 1 unspecified atom stereocenters. The first-order valence-electron chi connectivity index (χ1n) is 5.58. The summed E-state index contributed by atoms with van der Waals surface area (Å²) >= 11 is 0. The van der Waals surface area contributed by atoms with Crippen LogP contribution in [-0.4, -0.2) is 37.7 Å². The van der Waals surface area contributed by atoms with Crippen molar-refractivity contribution in [1.29, 1.82) is 0 Å². The van der Waals surface area contributed by atoms with E-state index in [1.165, 1.54) is 6.33 Å². The minimum atomic E-state index is -0.452. The molecule has 0 radical (unpaired) electrons. The van der Waals surface area contributed by atoms with E-state index in [2.05, 4.69) is 25.3 Å². The molecule has 7 nitrogen and oxygen atoms in total. The molecule has 0 saturated heterocycles. The highest BCUT2D eigenvalue weighted by atomic mass is 16.3. The number of nitrogens with one attached hydrogen (secondary N) is 3. The van der Waals surface area contributed by atoms with E-state index in [9.17, 15) is 4.79 Å². The first-order chi connectivity index (χ1) is 8.60. The molecule has 4 N–H and O–H groups in total. The Morgan fingerprint density at radius 1 is 1.67 bits per heavy atom. The van der Waals surface area contributed by atoms with E-state index < -0.39 is 5.69 Å². The molecular weight excluding hydrogens is 234 g/mol. The Kier molecular flexibility index (Phi) is 3.42. The zero-order valence-electron chi connectivity index (χ0n) is 10.2. The van der Waals surface area contributed by atoms with Crippen LogP contribution in [0, 0.1) is 0 Å². The number of aromatic amines is 2. The monoisotopic (exact) mass is 249 g/mol. The average molecular weight is 249 g/mol. The molecule has 7 heteroatoms. The molecule has 0 amide bonds. The van der Waals surface area contributed by atoms with Gasteiger partial charge in [0, 0.05) is 6.04 Å². The lowest BCUT2D eigenvalue weighted by molar-refractivity contribution is 0.331. The van der Waals surface area contributed by atoms with Crippen LogP contribution in [0.2, 0.25) is 0 Å². The molecule has 2 aromatic heterocycles. The Labute approximate surface area is 103 Å². The number of H-pyrrole nitrogens is 2. The number of nitrogens with zero attached hydrogens (tertiary/aromatic N) is 2. The second-order valence-electron chi connectivity index (χ2n) is 4.12. The number of hydrogen-bond acceptors (Lipinski definition) is 5. The molecule has 0 bridgehead atoms. The van der Waals surface area contributed by atoms with E-state index in [1.807, 2.05) is 19.9 Å². The smallest absolute Gasteiger partial charge is 0.348 e. The molecule has 0 aliphatic carbocycles. The van der Waals surface area contributed by atoms with Gasteiger partial charge in [-0.05, 0) is 13.8 Å². The van der Waals surface area contributed by atoms with E-state index in [0.717, 1.165) is 5.57 Å². The normalized spacial score (nSPS) is 13.8. The van der Waals surface area contributed by atoms with E-state index in [4.69, 9.17) is 5.11 Å². The fourth-order valence-electron chi connectivity index (χ4n) is 1.70. The number of anilines is 1. The minimum absolute atomic E-state index is 0.00822. The number of imidazole rings is 1. The Bertz CT molecular complexity index is 628. The van der Waals surface area contributed by atoms with E-state index >= 15 is 0 Å². The van der Waals surface area contributed by atoms with Crippen molar-refractivity contribution >= 4 is 17.0 Å². The topological polar surface area (TPSA) is 107 Å². The van der Waals surface area contributed by atoms with Gasteiger partial charge in [-0.25, -0.2) is 9.78 Å². The first-order valence-corrected chi connectivity index (χ1v) is 5.58. The second kappa shape index (κ2) is 5.01. The van der Waals surface area contributed by atoms with E-state index in [-0.39, 0.29) is 12.6 Å². The molecule has 0 aliphatic heterocycles. The Morgan fingerprint density at radius 3 is 3.17 bits per heavy atom.